The van der Waals surface area contributed by atoms with Crippen LogP contribution in [-0.4, -0.2) is 16.7 Å². The highest BCUT2D eigenvalue weighted by molar-refractivity contribution is 7.10. The minimum atomic E-state index is -0.521. The van der Waals surface area contributed by atoms with Gasteiger partial charge in [-0.25, -0.2) is 4.79 Å². The largest absolute Gasteiger partial charge is 0.448 e. The van der Waals surface area contributed by atoms with Crippen LogP contribution in [0.3, 0.4) is 0 Å². The second-order valence-corrected chi connectivity index (χ2v) is 7.61. The minimum absolute atomic E-state index is 0.0305. The van der Waals surface area contributed by atoms with E-state index in [1.165, 1.54) is 16.4 Å². The number of hydrogen-bond donors (Lipinski definition) is 0. The highest BCUT2D eigenvalue weighted by atomic mass is 32.1. The predicted octanol–water partition coefficient (Wildman–Crippen LogP) is 4.01. The summed E-state index contributed by atoms with van der Waals surface area (Å²) >= 11 is 3.21. The first kappa shape index (κ1) is 16.0. The number of ether oxygens (including phenoxy) is 1. The van der Waals surface area contributed by atoms with Crippen molar-refractivity contribution in [2.24, 2.45) is 4.99 Å². The van der Waals surface area contributed by atoms with Gasteiger partial charge in [0.1, 0.15) is 4.67 Å². The second kappa shape index (κ2) is 6.58. The molecule has 6 heteroatoms. The van der Waals surface area contributed by atoms with E-state index in [0.29, 0.717) is 6.61 Å². The molecule has 0 unspecified atom stereocenters. The maximum atomic E-state index is 11.6. The maximum absolute atomic E-state index is 11.6. The van der Waals surface area contributed by atoms with Crippen LogP contribution >= 0.6 is 22.9 Å². The van der Waals surface area contributed by atoms with Gasteiger partial charge in [-0.15, -0.1) is 11.3 Å². The van der Waals surface area contributed by atoms with Crippen molar-refractivity contribution in [1.29, 1.82) is 0 Å². The van der Waals surface area contributed by atoms with E-state index in [-0.39, 0.29) is 5.54 Å². The molecule has 0 fully saturated rings. The van der Waals surface area contributed by atoms with Gasteiger partial charge in [-0.3, -0.25) is 3.96 Å². The molecule has 0 N–H and O–H groups in total. The van der Waals surface area contributed by atoms with Crippen molar-refractivity contribution < 1.29 is 9.53 Å². The summed E-state index contributed by atoms with van der Waals surface area (Å²) in [7, 11) is 0. The van der Waals surface area contributed by atoms with Crippen LogP contribution in [0.2, 0.25) is 0 Å². The van der Waals surface area contributed by atoms with Crippen LogP contribution in [0.1, 0.15) is 38.1 Å². The quantitative estimate of drug-likeness (QED) is 0.856. The van der Waals surface area contributed by atoms with Gasteiger partial charge in [0.05, 0.1) is 6.61 Å². The number of carbonyl (C=O) groups excluding carboxylic acids is 1. The van der Waals surface area contributed by atoms with Gasteiger partial charge in [0.2, 0.25) is 0 Å². The number of rotatable bonds is 3. The summed E-state index contributed by atoms with van der Waals surface area (Å²) in [5.74, 6) is 0. The molecule has 0 saturated carbocycles. The Morgan fingerprint density at radius 2 is 2.19 bits per heavy atom. The smallest absolute Gasteiger partial charge is 0.434 e. The molecule has 114 valence electrons. The molecule has 0 aliphatic heterocycles. The van der Waals surface area contributed by atoms with E-state index in [1.807, 2.05) is 6.07 Å². The van der Waals surface area contributed by atoms with Gasteiger partial charge >= 0.3 is 6.09 Å². The summed E-state index contributed by atoms with van der Waals surface area (Å²) in [6.07, 6.45) is 2.35. The zero-order valence-electron chi connectivity index (χ0n) is 12.8. The third-order valence-electron chi connectivity index (χ3n) is 2.80. The fourth-order valence-electron chi connectivity index (χ4n) is 1.76. The SMILES string of the molecule is CCOC(=O)N=c1sn(C(C)(C)C)cc1Cc1cccs1. The Labute approximate surface area is 132 Å². The van der Waals surface area contributed by atoms with Crippen LogP contribution in [0.5, 0.6) is 0 Å². The highest BCUT2D eigenvalue weighted by Crippen LogP contribution is 2.19. The van der Waals surface area contributed by atoms with Crippen molar-refractivity contribution in [2.45, 2.75) is 39.7 Å². The predicted molar refractivity (Wildman–Crippen MR) is 87.0 cm³/mol. The third-order valence-corrected chi connectivity index (χ3v) is 5.05. The average molecular weight is 324 g/mol. The number of nitrogens with zero attached hydrogens (tertiary/aromatic N) is 2. The first-order chi connectivity index (χ1) is 9.90. The molecule has 0 radical (unpaired) electrons. The van der Waals surface area contributed by atoms with Crippen molar-refractivity contribution in [2.75, 3.05) is 6.61 Å². The molecule has 0 bridgehead atoms. The van der Waals surface area contributed by atoms with Crippen LogP contribution in [0.15, 0.2) is 28.7 Å². The highest BCUT2D eigenvalue weighted by Gasteiger charge is 2.16. The van der Waals surface area contributed by atoms with E-state index in [0.717, 1.165) is 16.7 Å². The lowest BCUT2D eigenvalue weighted by atomic mass is 10.1. The summed E-state index contributed by atoms with van der Waals surface area (Å²) in [6, 6.07) is 4.13. The molecule has 2 rings (SSSR count). The van der Waals surface area contributed by atoms with Crippen molar-refractivity contribution in [1.82, 2.24) is 3.96 Å². The second-order valence-electron chi connectivity index (χ2n) is 5.61. The molecule has 2 aromatic heterocycles. The van der Waals surface area contributed by atoms with Crippen molar-refractivity contribution in [3.8, 4) is 0 Å². The molecular formula is C15H20N2O2S2. The summed E-state index contributed by atoms with van der Waals surface area (Å²) in [5, 5.41) is 2.06. The summed E-state index contributed by atoms with van der Waals surface area (Å²) in [6.45, 7) is 8.52. The van der Waals surface area contributed by atoms with Gasteiger partial charge in [-0.05, 0) is 50.7 Å². The summed E-state index contributed by atoms with van der Waals surface area (Å²) < 4.78 is 7.79. The molecule has 2 heterocycles. The minimum Gasteiger partial charge on any atom is -0.448 e. The van der Waals surface area contributed by atoms with E-state index in [4.69, 9.17) is 4.74 Å². The Kier molecular flexibility index (Phi) is 5.00. The lowest BCUT2D eigenvalue weighted by Crippen LogP contribution is -2.18. The van der Waals surface area contributed by atoms with E-state index >= 15 is 0 Å². The van der Waals surface area contributed by atoms with Gasteiger partial charge in [0.25, 0.3) is 0 Å². The first-order valence-corrected chi connectivity index (χ1v) is 8.51. The average Bonchev–Trinajstić information content (AvgIpc) is 3.00. The van der Waals surface area contributed by atoms with Crippen LogP contribution < -0.4 is 4.67 Å². The maximum Gasteiger partial charge on any atom is 0.434 e. The monoisotopic (exact) mass is 324 g/mol. The van der Waals surface area contributed by atoms with E-state index in [1.54, 1.807) is 18.3 Å². The standard InChI is InChI=1S/C15H20N2O2S2/c1-5-19-14(18)16-13-11(9-12-7-6-8-20-12)10-17(21-13)15(2,3)4/h6-8,10H,5,9H2,1-4H3. The van der Waals surface area contributed by atoms with Crippen LogP contribution in [0, 0.1) is 0 Å². The number of carbonyl (C=O) groups is 1. The molecule has 0 saturated heterocycles. The third kappa shape index (κ3) is 4.28. The van der Waals surface area contributed by atoms with Crippen LogP contribution in [0.25, 0.3) is 0 Å². The normalized spacial score (nSPS) is 12.7. The summed E-state index contributed by atoms with van der Waals surface area (Å²) in [4.78, 5) is 17.0. The molecule has 0 atom stereocenters. The molecule has 0 aromatic carbocycles. The van der Waals surface area contributed by atoms with Crippen LogP contribution in [0.4, 0.5) is 4.79 Å². The molecule has 0 spiro atoms. The zero-order valence-corrected chi connectivity index (χ0v) is 14.4. The number of amides is 1. The van der Waals surface area contributed by atoms with Gasteiger partial charge in [0, 0.05) is 28.6 Å². The molecule has 2 aromatic rings. The lowest BCUT2D eigenvalue weighted by Gasteiger charge is -2.19. The van der Waals surface area contributed by atoms with Gasteiger partial charge in [-0.1, -0.05) is 6.07 Å². The number of hydrogen-bond acceptors (Lipinski definition) is 4. The van der Waals surface area contributed by atoms with Crippen molar-refractivity contribution >= 4 is 29.0 Å². The molecule has 0 aliphatic rings. The Morgan fingerprint density at radius 3 is 2.76 bits per heavy atom. The topological polar surface area (TPSA) is 43.6 Å². The van der Waals surface area contributed by atoms with E-state index in [9.17, 15) is 4.79 Å². The van der Waals surface area contributed by atoms with Gasteiger partial charge in [-0.2, -0.15) is 4.99 Å². The molecule has 0 aliphatic carbocycles. The molecule has 4 nitrogen and oxygen atoms in total. The molecule has 1 amide bonds. The van der Waals surface area contributed by atoms with Crippen LogP contribution in [-0.2, 0) is 16.7 Å². The molecule has 21 heavy (non-hydrogen) atoms. The summed E-state index contributed by atoms with van der Waals surface area (Å²) in [5.41, 5.74) is 1.03. The molecular weight excluding hydrogens is 304 g/mol. The fourth-order valence-corrected chi connectivity index (χ4v) is 3.48. The van der Waals surface area contributed by atoms with Gasteiger partial charge < -0.3 is 4.74 Å². The number of thiophene rings is 1. The zero-order chi connectivity index (χ0) is 15.5. The Balaban J connectivity index is 2.41. The fraction of sp³-hybridized carbons (Fsp3) is 0.467. The Bertz CT molecular complexity index is 661. The van der Waals surface area contributed by atoms with Crippen molar-refractivity contribution in [3.05, 3.63) is 38.8 Å². The van der Waals surface area contributed by atoms with E-state index < -0.39 is 6.09 Å². The first-order valence-electron chi connectivity index (χ1n) is 6.86. The van der Waals surface area contributed by atoms with Crippen molar-refractivity contribution in [3.63, 3.8) is 0 Å². The Morgan fingerprint density at radius 1 is 1.43 bits per heavy atom. The van der Waals surface area contributed by atoms with E-state index in [2.05, 4.69) is 47.4 Å². The Hall–Kier alpha value is -1.40. The van der Waals surface area contributed by atoms with Gasteiger partial charge in [0.15, 0.2) is 0 Å². The number of aromatic nitrogens is 1. The lowest BCUT2D eigenvalue weighted by molar-refractivity contribution is 0.162.